The predicted molar refractivity (Wildman–Crippen MR) is 83.3 cm³/mol. The van der Waals surface area contributed by atoms with E-state index in [0.717, 1.165) is 31.5 Å². The van der Waals surface area contributed by atoms with Crippen LogP contribution in [-0.4, -0.2) is 12.6 Å². The van der Waals surface area contributed by atoms with Crippen LogP contribution in [0.5, 0.6) is 0 Å². The summed E-state index contributed by atoms with van der Waals surface area (Å²) in [5.74, 6) is 0. The summed E-state index contributed by atoms with van der Waals surface area (Å²) in [6.07, 6.45) is 3.26. The summed E-state index contributed by atoms with van der Waals surface area (Å²) in [6.45, 7) is 1.41. The van der Waals surface area contributed by atoms with Crippen molar-refractivity contribution in [2.24, 2.45) is 0 Å². The second-order valence-corrected chi connectivity index (χ2v) is 6.01. The van der Waals surface area contributed by atoms with Gasteiger partial charge in [0.1, 0.15) is 0 Å². The van der Waals surface area contributed by atoms with E-state index in [0.29, 0.717) is 6.54 Å². The lowest BCUT2D eigenvalue weighted by atomic mass is 10.1. The van der Waals surface area contributed by atoms with Crippen LogP contribution in [0.3, 0.4) is 0 Å². The normalized spacial score (nSPS) is 14.5. The average molecular weight is 286 g/mol. The molecule has 0 saturated carbocycles. The number of nitrogens with one attached hydrogen (secondary N) is 1. The van der Waals surface area contributed by atoms with Gasteiger partial charge in [0, 0.05) is 17.1 Å². The lowest BCUT2D eigenvalue weighted by Crippen LogP contribution is -2.40. The Morgan fingerprint density at radius 1 is 1.20 bits per heavy atom. The summed E-state index contributed by atoms with van der Waals surface area (Å²) in [5.41, 5.74) is 2.34. The molecule has 2 aromatic rings. The number of benzene rings is 1. The van der Waals surface area contributed by atoms with Gasteiger partial charge in [-0.15, -0.1) is 11.3 Å². The number of anilines is 1. The number of para-hydroxylation sites is 1. The molecule has 1 aromatic heterocycles. The van der Waals surface area contributed by atoms with Crippen molar-refractivity contribution in [3.63, 3.8) is 0 Å². The highest BCUT2D eigenvalue weighted by Gasteiger charge is 2.20. The Morgan fingerprint density at radius 2 is 2.10 bits per heavy atom. The number of carbonyl (C=O) groups is 1. The molecule has 2 heterocycles. The van der Waals surface area contributed by atoms with E-state index in [1.165, 1.54) is 10.4 Å². The maximum Gasteiger partial charge on any atom is 0.322 e. The van der Waals surface area contributed by atoms with Crippen molar-refractivity contribution in [1.82, 2.24) is 5.32 Å². The molecule has 0 unspecified atom stereocenters. The van der Waals surface area contributed by atoms with Crippen molar-refractivity contribution < 1.29 is 4.79 Å². The number of carbonyl (C=O) groups excluding carboxylic acids is 1. The van der Waals surface area contributed by atoms with Crippen LogP contribution in [0.4, 0.5) is 10.5 Å². The van der Waals surface area contributed by atoms with Gasteiger partial charge in [-0.25, -0.2) is 4.79 Å². The van der Waals surface area contributed by atoms with Crippen LogP contribution < -0.4 is 10.2 Å². The Labute approximate surface area is 123 Å². The van der Waals surface area contributed by atoms with Crippen molar-refractivity contribution in [3.05, 3.63) is 52.2 Å². The maximum atomic E-state index is 12.4. The number of fused-ring (bicyclic) bond motifs is 1. The number of thiophene rings is 1. The molecule has 0 saturated heterocycles. The molecule has 0 aliphatic carbocycles. The van der Waals surface area contributed by atoms with E-state index in [2.05, 4.69) is 11.4 Å². The summed E-state index contributed by atoms with van der Waals surface area (Å²) in [7, 11) is 0. The van der Waals surface area contributed by atoms with Gasteiger partial charge in [-0.1, -0.05) is 24.3 Å². The van der Waals surface area contributed by atoms with E-state index in [1.807, 2.05) is 40.6 Å². The number of aryl methyl sites for hydroxylation is 1. The van der Waals surface area contributed by atoms with E-state index in [4.69, 9.17) is 0 Å². The Bertz CT molecular complexity index is 580. The van der Waals surface area contributed by atoms with Crippen molar-refractivity contribution in [1.29, 1.82) is 0 Å². The van der Waals surface area contributed by atoms with E-state index in [1.54, 1.807) is 11.3 Å². The maximum absolute atomic E-state index is 12.4. The average Bonchev–Trinajstić information content (AvgIpc) is 2.90. The van der Waals surface area contributed by atoms with Gasteiger partial charge in [-0.2, -0.15) is 0 Å². The fraction of sp³-hybridized carbons (Fsp3) is 0.312. The van der Waals surface area contributed by atoms with Gasteiger partial charge in [0.15, 0.2) is 0 Å². The molecule has 1 aliphatic heterocycles. The van der Waals surface area contributed by atoms with E-state index in [9.17, 15) is 4.79 Å². The van der Waals surface area contributed by atoms with Crippen molar-refractivity contribution in [2.75, 3.05) is 11.4 Å². The molecule has 1 N–H and O–H groups in total. The molecule has 1 aliphatic rings. The summed E-state index contributed by atoms with van der Waals surface area (Å²) in [4.78, 5) is 15.5. The Hall–Kier alpha value is -1.81. The molecule has 0 bridgehead atoms. The molecule has 2 amide bonds. The molecule has 0 atom stereocenters. The number of rotatable bonds is 2. The molecule has 104 valence electrons. The lowest BCUT2D eigenvalue weighted by Gasteiger charge is -2.23. The lowest BCUT2D eigenvalue weighted by molar-refractivity contribution is 0.246. The number of amides is 2. The third-order valence-electron chi connectivity index (χ3n) is 3.60. The molecule has 0 radical (unpaired) electrons. The molecular weight excluding hydrogens is 268 g/mol. The highest BCUT2D eigenvalue weighted by molar-refractivity contribution is 7.09. The molecule has 1 aromatic carbocycles. The Kier molecular flexibility index (Phi) is 4.02. The second-order valence-electron chi connectivity index (χ2n) is 4.98. The molecule has 4 heteroatoms. The Morgan fingerprint density at radius 3 is 2.95 bits per heavy atom. The third-order valence-corrected chi connectivity index (χ3v) is 4.48. The SMILES string of the molecule is O=C(NCc1cccs1)N1CCCCc2ccccc21. The molecule has 0 fully saturated rings. The van der Waals surface area contributed by atoms with Crippen molar-refractivity contribution in [2.45, 2.75) is 25.8 Å². The fourth-order valence-corrected chi connectivity index (χ4v) is 3.22. The first-order valence-electron chi connectivity index (χ1n) is 7.00. The van der Waals surface area contributed by atoms with E-state index in [-0.39, 0.29) is 6.03 Å². The van der Waals surface area contributed by atoms with Gasteiger partial charge in [0.2, 0.25) is 0 Å². The molecule has 0 spiro atoms. The summed E-state index contributed by atoms with van der Waals surface area (Å²) >= 11 is 1.67. The monoisotopic (exact) mass is 286 g/mol. The van der Waals surface area contributed by atoms with Crippen LogP contribution in [0.2, 0.25) is 0 Å². The van der Waals surface area contributed by atoms with Gasteiger partial charge in [0.25, 0.3) is 0 Å². The number of hydrogen-bond acceptors (Lipinski definition) is 2. The minimum Gasteiger partial charge on any atom is -0.333 e. The zero-order chi connectivity index (χ0) is 13.8. The van der Waals surface area contributed by atoms with Gasteiger partial charge >= 0.3 is 6.03 Å². The van der Waals surface area contributed by atoms with Crippen LogP contribution in [0.25, 0.3) is 0 Å². The largest absolute Gasteiger partial charge is 0.333 e. The van der Waals surface area contributed by atoms with Gasteiger partial charge in [-0.3, -0.25) is 4.90 Å². The van der Waals surface area contributed by atoms with Crippen LogP contribution in [0.1, 0.15) is 23.3 Å². The van der Waals surface area contributed by atoms with Gasteiger partial charge < -0.3 is 5.32 Å². The molecule has 20 heavy (non-hydrogen) atoms. The minimum absolute atomic E-state index is 0.00718. The molecular formula is C16H18N2OS. The first-order chi connectivity index (χ1) is 9.84. The van der Waals surface area contributed by atoms with Crippen LogP contribution in [0, 0.1) is 0 Å². The van der Waals surface area contributed by atoms with Crippen molar-refractivity contribution >= 4 is 23.1 Å². The zero-order valence-corrected chi connectivity index (χ0v) is 12.2. The topological polar surface area (TPSA) is 32.3 Å². The van der Waals surface area contributed by atoms with Crippen LogP contribution >= 0.6 is 11.3 Å². The summed E-state index contributed by atoms with van der Waals surface area (Å²) in [5, 5.41) is 5.05. The van der Waals surface area contributed by atoms with E-state index < -0.39 is 0 Å². The predicted octanol–water partition coefficient (Wildman–Crippen LogP) is 3.80. The zero-order valence-electron chi connectivity index (χ0n) is 11.3. The highest BCUT2D eigenvalue weighted by atomic mass is 32.1. The van der Waals surface area contributed by atoms with Crippen LogP contribution in [0.15, 0.2) is 41.8 Å². The van der Waals surface area contributed by atoms with Gasteiger partial charge in [0.05, 0.1) is 6.54 Å². The quantitative estimate of drug-likeness (QED) is 0.894. The third kappa shape index (κ3) is 2.85. The first-order valence-corrected chi connectivity index (χ1v) is 7.88. The van der Waals surface area contributed by atoms with E-state index >= 15 is 0 Å². The Balaban J connectivity index is 1.73. The molecule has 3 nitrogen and oxygen atoms in total. The smallest absolute Gasteiger partial charge is 0.322 e. The van der Waals surface area contributed by atoms with Crippen molar-refractivity contribution in [3.8, 4) is 0 Å². The number of urea groups is 1. The fourth-order valence-electron chi connectivity index (χ4n) is 2.57. The minimum atomic E-state index is 0.00718. The summed E-state index contributed by atoms with van der Waals surface area (Å²) < 4.78 is 0. The number of nitrogens with zero attached hydrogens (tertiary/aromatic N) is 1. The second kappa shape index (κ2) is 6.09. The standard InChI is InChI=1S/C16H18N2OS/c19-16(17-12-14-8-5-11-20-14)18-10-4-3-7-13-6-1-2-9-15(13)18/h1-2,5-6,8-9,11H,3-4,7,10,12H2,(H,17,19). The number of hydrogen-bond donors (Lipinski definition) is 1. The molecule has 3 rings (SSSR count). The highest BCUT2D eigenvalue weighted by Crippen LogP contribution is 2.26. The summed E-state index contributed by atoms with van der Waals surface area (Å²) in [6, 6.07) is 12.3. The van der Waals surface area contributed by atoms with Gasteiger partial charge in [-0.05, 0) is 42.3 Å². The first kappa shape index (κ1) is 13.2. The van der Waals surface area contributed by atoms with Crippen LogP contribution in [-0.2, 0) is 13.0 Å².